The molecule has 0 saturated carbocycles. The molecule has 0 spiro atoms. The lowest BCUT2D eigenvalue weighted by Crippen LogP contribution is -2.48. The van der Waals surface area contributed by atoms with Crippen molar-refractivity contribution < 1.29 is 4.74 Å². The van der Waals surface area contributed by atoms with Crippen molar-refractivity contribution in [3.05, 3.63) is 35.4 Å². The van der Waals surface area contributed by atoms with Crippen LogP contribution in [0.25, 0.3) is 0 Å². The van der Waals surface area contributed by atoms with Crippen LogP contribution in [0.15, 0.2) is 24.3 Å². The Labute approximate surface area is 122 Å². The lowest BCUT2D eigenvalue weighted by atomic mass is 9.92. The summed E-state index contributed by atoms with van der Waals surface area (Å²) in [5.74, 6) is 0.715. The second kappa shape index (κ2) is 6.25. The summed E-state index contributed by atoms with van der Waals surface area (Å²) in [4.78, 5) is 2.57. The van der Waals surface area contributed by atoms with Gasteiger partial charge in [0, 0.05) is 19.1 Å². The molecule has 3 heteroatoms. The maximum absolute atomic E-state index is 6.04. The normalized spacial score (nSPS) is 31.0. The molecule has 3 rings (SSSR count). The monoisotopic (exact) mass is 274 g/mol. The van der Waals surface area contributed by atoms with Crippen LogP contribution in [0.1, 0.15) is 30.6 Å². The Kier molecular flexibility index (Phi) is 4.39. The summed E-state index contributed by atoms with van der Waals surface area (Å²) in [6.45, 7) is 6.61. The van der Waals surface area contributed by atoms with E-state index in [0.29, 0.717) is 12.0 Å². The molecule has 1 N–H and O–H groups in total. The molecule has 0 amide bonds. The predicted molar refractivity (Wildman–Crippen MR) is 81.9 cm³/mol. The predicted octanol–water partition coefficient (Wildman–Crippen LogP) is 2.23. The number of rotatable bonds is 3. The van der Waals surface area contributed by atoms with Crippen molar-refractivity contribution in [2.24, 2.45) is 5.92 Å². The van der Waals surface area contributed by atoms with E-state index in [-0.39, 0.29) is 6.10 Å². The van der Waals surface area contributed by atoms with Crippen molar-refractivity contribution in [2.75, 3.05) is 33.3 Å². The van der Waals surface area contributed by atoms with Crippen molar-refractivity contribution in [1.82, 2.24) is 10.2 Å². The lowest BCUT2D eigenvalue weighted by Gasteiger charge is -2.39. The van der Waals surface area contributed by atoms with Crippen LogP contribution < -0.4 is 5.32 Å². The summed E-state index contributed by atoms with van der Waals surface area (Å²) in [6, 6.07) is 9.44. The zero-order valence-electron chi connectivity index (χ0n) is 12.6. The number of hydrogen-bond acceptors (Lipinski definition) is 3. The maximum Gasteiger partial charge on any atom is 0.0954 e. The number of ether oxygens (including phenoxy) is 1. The first kappa shape index (κ1) is 14.1. The molecule has 0 radical (unpaired) electrons. The van der Waals surface area contributed by atoms with Crippen molar-refractivity contribution in [2.45, 2.75) is 31.9 Å². The fraction of sp³-hybridized carbons (Fsp3) is 0.647. The van der Waals surface area contributed by atoms with E-state index < -0.39 is 0 Å². The van der Waals surface area contributed by atoms with Gasteiger partial charge in [0.25, 0.3) is 0 Å². The van der Waals surface area contributed by atoms with Crippen LogP contribution in [0.3, 0.4) is 0 Å². The van der Waals surface area contributed by atoms with E-state index in [9.17, 15) is 0 Å². The van der Waals surface area contributed by atoms with Crippen LogP contribution in [0.4, 0.5) is 0 Å². The highest BCUT2D eigenvalue weighted by molar-refractivity contribution is 5.31. The van der Waals surface area contributed by atoms with E-state index in [2.05, 4.69) is 48.5 Å². The Morgan fingerprint density at radius 2 is 2.20 bits per heavy atom. The van der Waals surface area contributed by atoms with E-state index in [1.54, 1.807) is 0 Å². The second-order valence-electron chi connectivity index (χ2n) is 6.23. The third kappa shape index (κ3) is 2.90. The van der Waals surface area contributed by atoms with Gasteiger partial charge in [0.1, 0.15) is 0 Å². The van der Waals surface area contributed by atoms with Gasteiger partial charge in [-0.2, -0.15) is 0 Å². The summed E-state index contributed by atoms with van der Waals surface area (Å²) >= 11 is 0. The first-order chi connectivity index (χ1) is 9.78. The topological polar surface area (TPSA) is 24.5 Å². The standard InChI is InChI=1S/C17H26N2O/c1-13-11-19(9-7-16(13)18-2)12-17-15-6-4-3-5-14(15)8-10-20-17/h3-6,13,16-18H,7-12H2,1-2H3. The van der Waals surface area contributed by atoms with Crippen molar-refractivity contribution in [3.63, 3.8) is 0 Å². The van der Waals surface area contributed by atoms with E-state index >= 15 is 0 Å². The molecule has 0 aromatic heterocycles. The van der Waals surface area contributed by atoms with Gasteiger partial charge < -0.3 is 15.0 Å². The highest BCUT2D eigenvalue weighted by Crippen LogP contribution is 2.29. The zero-order chi connectivity index (χ0) is 13.9. The molecule has 3 atom stereocenters. The minimum atomic E-state index is 0.262. The van der Waals surface area contributed by atoms with Crippen molar-refractivity contribution >= 4 is 0 Å². The number of nitrogens with one attached hydrogen (secondary N) is 1. The molecule has 110 valence electrons. The molecule has 2 aliphatic heterocycles. The Morgan fingerprint density at radius 1 is 1.35 bits per heavy atom. The minimum Gasteiger partial charge on any atom is -0.372 e. The van der Waals surface area contributed by atoms with Gasteiger partial charge >= 0.3 is 0 Å². The van der Waals surface area contributed by atoms with Crippen molar-refractivity contribution in [3.8, 4) is 0 Å². The van der Waals surface area contributed by atoms with Crippen molar-refractivity contribution in [1.29, 1.82) is 0 Å². The molecule has 2 heterocycles. The molecular formula is C17H26N2O. The SMILES string of the molecule is CNC1CCN(CC2OCCc3ccccc32)CC1C. The zero-order valence-corrected chi connectivity index (χ0v) is 12.6. The Morgan fingerprint density at radius 3 is 3.00 bits per heavy atom. The van der Waals surface area contributed by atoms with Gasteiger partial charge in [0.05, 0.1) is 12.7 Å². The second-order valence-corrected chi connectivity index (χ2v) is 6.23. The largest absolute Gasteiger partial charge is 0.372 e. The van der Waals surface area contributed by atoms with Gasteiger partial charge in [-0.05, 0) is 43.5 Å². The third-order valence-corrected chi connectivity index (χ3v) is 4.88. The molecule has 0 bridgehead atoms. The summed E-state index contributed by atoms with van der Waals surface area (Å²) < 4.78 is 6.04. The molecule has 3 unspecified atom stereocenters. The average Bonchev–Trinajstić information content (AvgIpc) is 2.48. The highest BCUT2D eigenvalue weighted by Gasteiger charge is 2.28. The minimum absolute atomic E-state index is 0.262. The van der Waals surface area contributed by atoms with Gasteiger partial charge in [-0.25, -0.2) is 0 Å². The van der Waals surface area contributed by atoms with E-state index in [4.69, 9.17) is 4.74 Å². The van der Waals surface area contributed by atoms with E-state index in [1.165, 1.54) is 30.6 Å². The molecule has 1 aromatic rings. The first-order valence-corrected chi connectivity index (χ1v) is 7.87. The Bertz CT molecular complexity index is 448. The lowest BCUT2D eigenvalue weighted by molar-refractivity contribution is 0.00459. The van der Waals surface area contributed by atoms with Gasteiger partial charge in [0.2, 0.25) is 0 Å². The Hall–Kier alpha value is -0.900. The number of nitrogens with zero attached hydrogens (tertiary/aromatic N) is 1. The molecular weight excluding hydrogens is 248 g/mol. The number of hydrogen-bond donors (Lipinski definition) is 1. The number of fused-ring (bicyclic) bond motifs is 1. The summed E-state index contributed by atoms with van der Waals surface area (Å²) in [5.41, 5.74) is 2.88. The maximum atomic E-state index is 6.04. The van der Waals surface area contributed by atoms with Crippen LogP contribution >= 0.6 is 0 Å². The molecule has 20 heavy (non-hydrogen) atoms. The third-order valence-electron chi connectivity index (χ3n) is 4.88. The summed E-state index contributed by atoms with van der Waals surface area (Å²) in [5, 5.41) is 3.44. The van der Waals surface area contributed by atoms with Crippen LogP contribution in [-0.2, 0) is 11.2 Å². The molecule has 1 saturated heterocycles. The molecule has 2 aliphatic rings. The highest BCUT2D eigenvalue weighted by atomic mass is 16.5. The summed E-state index contributed by atoms with van der Waals surface area (Å²) in [6.07, 6.45) is 2.56. The molecule has 1 fully saturated rings. The average molecular weight is 274 g/mol. The number of piperidine rings is 1. The van der Waals surface area contributed by atoms with Crippen LogP contribution in [0.5, 0.6) is 0 Å². The van der Waals surface area contributed by atoms with Gasteiger partial charge in [-0.15, -0.1) is 0 Å². The van der Waals surface area contributed by atoms with E-state index in [1.807, 2.05) is 0 Å². The van der Waals surface area contributed by atoms with Crippen LogP contribution in [0, 0.1) is 5.92 Å². The van der Waals surface area contributed by atoms with Crippen LogP contribution in [0.2, 0.25) is 0 Å². The molecule has 1 aromatic carbocycles. The molecule has 3 nitrogen and oxygen atoms in total. The summed E-state index contributed by atoms with van der Waals surface area (Å²) in [7, 11) is 2.08. The first-order valence-electron chi connectivity index (χ1n) is 7.87. The fourth-order valence-corrected chi connectivity index (χ4v) is 3.69. The Balaban J connectivity index is 1.65. The molecule has 0 aliphatic carbocycles. The van der Waals surface area contributed by atoms with Gasteiger partial charge in [-0.3, -0.25) is 0 Å². The quantitative estimate of drug-likeness (QED) is 0.915. The van der Waals surface area contributed by atoms with Crippen LogP contribution in [-0.4, -0.2) is 44.2 Å². The number of likely N-dealkylation sites (tertiary alicyclic amines) is 1. The van der Waals surface area contributed by atoms with E-state index in [0.717, 1.165) is 19.6 Å². The van der Waals surface area contributed by atoms with Gasteiger partial charge in [0.15, 0.2) is 0 Å². The fourth-order valence-electron chi connectivity index (χ4n) is 3.69. The smallest absolute Gasteiger partial charge is 0.0954 e. The number of benzene rings is 1. The van der Waals surface area contributed by atoms with Gasteiger partial charge in [-0.1, -0.05) is 31.2 Å².